The summed E-state index contributed by atoms with van der Waals surface area (Å²) >= 11 is 0. The molecular weight excluding hydrogens is 373 g/mol. The monoisotopic (exact) mass is 393 g/mol. The summed E-state index contributed by atoms with van der Waals surface area (Å²) in [5.41, 5.74) is 7.64. The van der Waals surface area contributed by atoms with E-state index < -0.39 is 0 Å². The van der Waals surface area contributed by atoms with Crippen LogP contribution in [-0.4, -0.2) is 50.7 Å². The highest BCUT2D eigenvalue weighted by atomic mass is 19.1. The van der Waals surface area contributed by atoms with Crippen molar-refractivity contribution in [1.82, 2.24) is 19.5 Å². The van der Waals surface area contributed by atoms with E-state index in [2.05, 4.69) is 26.8 Å². The molecule has 29 heavy (non-hydrogen) atoms. The van der Waals surface area contributed by atoms with Crippen LogP contribution in [0.3, 0.4) is 0 Å². The summed E-state index contributed by atoms with van der Waals surface area (Å²) in [6.45, 7) is 3.35. The van der Waals surface area contributed by atoms with Crippen molar-refractivity contribution in [2.24, 2.45) is 10.7 Å². The van der Waals surface area contributed by atoms with Gasteiger partial charge in [-0.25, -0.2) is 19.4 Å². The number of hydrogen-bond donors (Lipinski definition) is 1. The smallest absolute Gasteiger partial charge is 0.237 e. The first-order valence-corrected chi connectivity index (χ1v) is 9.52. The zero-order valence-electron chi connectivity index (χ0n) is 15.9. The first-order chi connectivity index (χ1) is 14.2. The minimum Gasteiger partial charge on any atom is -0.385 e. The van der Waals surface area contributed by atoms with Crippen molar-refractivity contribution < 1.29 is 9.13 Å². The molecule has 2 N–H and O–H groups in total. The Morgan fingerprint density at radius 1 is 1.21 bits per heavy atom. The molecule has 0 saturated carbocycles. The number of halogens is 1. The lowest BCUT2D eigenvalue weighted by atomic mass is 10.1. The van der Waals surface area contributed by atoms with Crippen molar-refractivity contribution in [2.75, 3.05) is 18.1 Å². The fourth-order valence-electron chi connectivity index (χ4n) is 3.74. The molecule has 8 nitrogen and oxygen atoms in total. The number of benzene rings is 1. The van der Waals surface area contributed by atoms with Gasteiger partial charge in [-0.05, 0) is 30.7 Å². The van der Waals surface area contributed by atoms with Crippen LogP contribution in [0.15, 0.2) is 47.8 Å². The first kappa shape index (κ1) is 17.7. The van der Waals surface area contributed by atoms with Gasteiger partial charge in [0, 0.05) is 18.0 Å². The summed E-state index contributed by atoms with van der Waals surface area (Å²) in [5, 5.41) is 0. The lowest BCUT2D eigenvalue weighted by Gasteiger charge is -2.44. The average Bonchev–Trinajstić information content (AvgIpc) is 3.17. The molecule has 2 aliphatic heterocycles. The Kier molecular flexibility index (Phi) is 4.24. The quantitative estimate of drug-likeness (QED) is 0.732. The van der Waals surface area contributed by atoms with E-state index >= 15 is 0 Å². The van der Waals surface area contributed by atoms with Crippen molar-refractivity contribution in [3.8, 4) is 17.3 Å². The van der Waals surface area contributed by atoms with E-state index in [1.807, 2.05) is 0 Å². The topological polar surface area (TPSA) is 94.5 Å². The molecule has 148 valence electrons. The number of anilines is 1. The second kappa shape index (κ2) is 6.93. The maximum absolute atomic E-state index is 13.3. The Balaban J connectivity index is 1.60. The Hall–Kier alpha value is -3.33. The van der Waals surface area contributed by atoms with Gasteiger partial charge in [0.15, 0.2) is 5.82 Å². The second-order valence-electron chi connectivity index (χ2n) is 7.07. The third kappa shape index (κ3) is 2.94. The standard InChI is InChI=1S/C20H20FN7O/c1-2-16-17(22)25-15-9-24-20(26-19(15)28(16)14-10-29-11-14)27-8-7-23-18(27)12-3-5-13(21)6-4-12/h3-9,14,16H,2,10-11H2,1H3,(H2,22,25)/t16-/m1/s1. The number of aliphatic imine (C=N–C) groups is 1. The van der Waals surface area contributed by atoms with Gasteiger partial charge in [0.05, 0.1) is 31.5 Å². The maximum atomic E-state index is 13.3. The Bertz CT molecular complexity index is 1070. The fraction of sp³-hybridized carbons (Fsp3) is 0.300. The third-order valence-electron chi connectivity index (χ3n) is 5.27. The van der Waals surface area contributed by atoms with Crippen LogP contribution in [0.2, 0.25) is 0 Å². The molecule has 2 aliphatic rings. The Morgan fingerprint density at radius 3 is 2.69 bits per heavy atom. The molecule has 0 amide bonds. The summed E-state index contributed by atoms with van der Waals surface area (Å²) in [4.78, 5) is 20.4. The van der Waals surface area contributed by atoms with Gasteiger partial charge in [-0.1, -0.05) is 6.92 Å². The number of rotatable bonds is 4. The highest BCUT2D eigenvalue weighted by molar-refractivity contribution is 5.95. The summed E-state index contributed by atoms with van der Waals surface area (Å²) in [5.74, 6) is 2.11. The van der Waals surface area contributed by atoms with E-state index in [4.69, 9.17) is 15.5 Å². The number of fused-ring (bicyclic) bond motifs is 1. The van der Waals surface area contributed by atoms with E-state index in [9.17, 15) is 4.39 Å². The zero-order valence-corrected chi connectivity index (χ0v) is 15.9. The number of nitrogens with two attached hydrogens (primary N) is 1. The SMILES string of the molecule is CC[C@@H]1C(N)=Nc2cnc(-n3ccnc3-c3ccc(F)cc3)nc2N1C1COC1. The van der Waals surface area contributed by atoms with Crippen LogP contribution in [0.5, 0.6) is 0 Å². The van der Waals surface area contributed by atoms with Crippen LogP contribution in [-0.2, 0) is 4.74 Å². The molecule has 2 aromatic heterocycles. The molecule has 4 heterocycles. The van der Waals surface area contributed by atoms with Crippen LogP contribution < -0.4 is 10.6 Å². The molecule has 0 spiro atoms. The van der Waals surface area contributed by atoms with Gasteiger partial charge in [-0.3, -0.25) is 4.57 Å². The molecule has 1 fully saturated rings. The van der Waals surface area contributed by atoms with E-state index in [1.54, 1.807) is 35.3 Å². The van der Waals surface area contributed by atoms with Crippen LogP contribution in [0.4, 0.5) is 15.9 Å². The van der Waals surface area contributed by atoms with Crippen molar-refractivity contribution in [3.63, 3.8) is 0 Å². The second-order valence-corrected chi connectivity index (χ2v) is 7.07. The van der Waals surface area contributed by atoms with E-state index in [0.717, 1.165) is 17.8 Å². The maximum Gasteiger partial charge on any atom is 0.237 e. The van der Waals surface area contributed by atoms with Crippen molar-refractivity contribution in [3.05, 3.63) is 48.7 Å². The van der Waals surface area contributed by atoms with E-state index in [0.29, 0.717) is 36.5 Å². The van der Waals surface area contributed by atoms with Crippen LogP contribution in [0.1, 0.15) is 13.3 Å². The molecule has 0 bridgehead atoms. The Morgan fingerprint density at radius 2 is 2.00 bits per heavy atom. The highest BCUT2D eigenvalue weighted by Gasteiger charge is 2.38. The van der Waals surface area contributed by atoms with Crippen LogP contribution in [0.25, 0.3) is 17.3 Å². The predicted octanol–water partition coefficient (Wildman–Crippen LogP) is 2.45. The van der Waals surface area contributed by atoms with E-state index in [-0.39, 0.29) is 17.9 Å². The predicted molar refractivity (Wildman–Crippen MR) is 107 cm³/mol. The average molecular weight is 393 g/mol. The summed E-state index contributed by atoms with van der Waals surface area (Å²) in [6, 6.07) is 6.35. The third-order valence-corrected chi connectivity index (χ3v) is 5.27. The first-order valence-electron chi connectivity index (χ1n) is 9.52. The zero-order chi connectivity index (χ0) is 20.0. The number of ether oxygens (including phenoxy) is 1. The van der Waals surface area contributed by atoms with E-state index in [1.165, 1.54) is 12.1 Å². The van der Waals surface area contributed by atoms with Crippen molar-refractivity contribution in [2.45, 2.75) is 25.4 Å². The molecule has 9 heteroatoms. The molecule has 0 unspecified atom stereocenters. The van der Waals surface area contributed by atoms with Gasteiger partial charge in [0.1, 0.15) is 23.2 Å². The molecule has 0 radical (unpaired) electrons. The van der Waals surface area contributed by atoms with Gasteiger partial charge >= 0.3 is 0 Å². The number of imidazole rings is 1. The number of hydrogen-bond acceptors (Lipinski definition) is 7. The fourth-order valence-corrected chi connectivity index (χ4v) is 3.74. The van der Waals surface area contributed by atoms with Crippen LogP contribution >= 0.6 is 0 Å². The molecule has 0 aliphatic carbocycles. The van der Waals surface area contributed by atoms with Crippen molar-refractivity contribution >= 4 is 17.3 Å². The van der Waals surface area contributed by atoms with Gasteiger partial charge in [-0.15, -0.1) is 0 Å². The van der Waals surface area contributed by atoms with Gasteiger partial charge < -0.3 is 15.4 Å². The molecule has 3 aromatic rings. The molecular formula is C20H20FN7O. The molecule has 5 rings (SSSR count). The minimum absolute atomic E-state index is 0.0292. The summed E-state index contributed by atoms with van der Waals surface area (Å²) in [7, 11) is 0. The minimum atomic E-state index is -0.295. The summed E-state index contributed by atoms with van der Waals surface area (Å²) in [6.07, 6.45) is 5.95. The van der Waals surface area contributed by atoms with Gasteiger partial charge in [-0.2, -0.15) is 4.98 Å². The molecule has 1 saturated heterocycles. The normalized spacial score (nSPS) is 18.9. The number of aromatic nitrogens is 4. The lowest BCUT2D eigenvalue weighted by Crippen LogP contribution is -2.58. The van der Waals surface area contributed by atoms with Gasteiger partial charge in [0.2, 0.25) is 5.95 Å². The van der Waals surface area contributed by atoms with Crippen molar-refractivity contribution in [1.29, 1.82) is 0 Å². The highest BCUT2D eigenvalue weighted by Crippen LogP contribution is 2.36. The van der Waals surface area contributed by atoms with Gasteiger partial charge in [0.25, 0.3) is 0 Å². The largest absolute Gasteiger partial charge is 0.385 e. The Labute approximate surface area is 166 Å². The molecule has 1 atom stereocenters. The summed E-state index contributed by atoms with van der Waals surface area (Å²) < 4.78 is 20.5. The number of amidine groups is 1. The number of nitrogens with zero attached hydrogens (tertiary/aromatic N) is 6. The van der Waals surface area contributed by atoms with Crippen LogP contribution in [0, 0.1) is 5.82 Å². The molecule has 1 aromatic carbocycles. The lowest BCUT2D eigenvalue weighted by molar-refractivity contribution is 0.00612.